The Labute approximate surface area is 135 Å². The minimum absolute atomic E-state index is 0.0196. The molecule has 1 amide bonds. The molecule has 0 saturated carbocycles. The van der Waals surface area contributed by atoms with E-state index in [9.17, 15) is 14.2 Å². The molecule has 0 heterocycles. The molecule has 0 aliphatic rings. The monoisotopic (exact) mass is 341 g/mol. The molecule has 0 radical (unpaired) electrons. The Morgan fingerprint density at radius 2 is 1.96 bits per heavy atom. The van der Waals surface area contributed by atoms with Gasteiger partial charge >= 0.3 is 12.1 Å². The van der Waals surface area contributed by atoms with Crippen LogP contribution in [-0.2, 0) is 25.4 Å². The van der Waals surface area contributed by atoms with Crippen molar-refractivity contribution in [3.05, 3.63) is 47.7 Å². The third kappa shape index (κ3) is 7.63. The van der Waals surface area contributed by atoms with Gasteiger partial charge in [-0.15, -0.1) is 0 Å². The Morgan fingerprint density at radius 3 is 2.57 bits per heavy atom. The van der Waals surface area contributed by atoms with Crippen LogP contribution in [0.15, 0.2) is 42.1 Å². The van der Waals surface area contributed by atoms with Crippen LogP contribution in [-0.4, -0.2) is 36.3 Å². The molecule has 1 rings (SSSR count). The zero-order valence-corrected chi connectivity index (χ0v) is 13.8. The highest BCUT2D eigenvalue weighted by molar-refractivity contribution is 7.44. The number of carbonyl (C=O) groups is 2. The van der Waals surface area contributed by atoms with E-state index in [1.54, 1.807) is 19.1 Å². The van der Waals surface area contributed by atoms with Crippen molar-refractivity contribution in [3.8, 4) is 0 Å². The third-order valence-electron chi connectivity index (χ3n) is 2.66. The SMILES string of the molecule is CCOC(=O)C(=CC[PH](=O)CO)NC(=O)OCc1ccccc1. The van der Waals surface area contributed by atoms with Gasteiger partial charge in [0, 0.05) is 6.16 Å². The lowest BCUT2D eigenvalue weighted by atomic mass is 10.2. The third-order valence-corrected chi connectivity index (χ3v) is 3.67. The first-order valence-corrected chi connectivity index (χ1v) is 8.86. The van der Waals surface area contributed by atoms with Crippen LogP contribution < -0.4 is 5.32 Å². The summed E-state index contributed by atoms with van der Waals surface area (Å²) in [5.74, 6) is -0.753. The molecule has 23 heavy (non-hydrogen) atoms. The molecule has 1 aromatic carbocycles. The fraction of sp³-hybridized carbons (Fsp3) is 0.333. The molecule has 0 aliphatic heterocycles. The molecular formula is C15H20NO6P. The zero-order valence-electron chi connectivity index (χ0n) is 12.8. The number of aliphatic hydroxyl groups excluding tert-OH is 1. The molecule has 1 atom stereocenters. The summed E-state index contributed by atoms with van der Waals surface area (Å²) >= 11 is 0. The summed E-state index contributed by atoms with van der Waals surface area (Å²) in [4.78, 5) is 23.5. The molecule has 126 valence electrons. The Balaban J connectivity index is 2.62. The van der Waals surface area contributed by atoms with Gasteiger partial charge in [0.1, 0.15) is 20.1 Å². The molecule has 0 bridgehead atoms. The van der Waals surface area contributed by atoms with E-state index in [1.807, 2.05) is 18.2 Å². The highest BCUT2D eigenvalue weighted by atomic mass is 31.1. The number of carbonyl (C=O) groups excluding carboxylic acids is 2. The molecule has 1 unspecified atom stereocenters. The second kappa shape index (κ2) is 10.6. The van der Waals surface area contributed by atoms with Crippen molar-refractivity contribution in [1.82, 2.24) is 5.32 Å². The summed E-state index contributed by atoms with van der Waals surface area (Å²) in [5, 5.41) is 11.0. The van der Waals surface area contributed by atoms with E-state index in [2.05, 4.69) is 5.32 Å². The van der Waals surface area contributed by atoms with Crippen molar-refractivity contribution < 1.29 is 28.7 Å². The molecule has 7 nitrogen and oxygen atoms in total. The predicted octanol–water partition coefficient (Wildman–Crippen LogP) is 1.87. The smallest absolute Gasteiger partial charge is 0.412 e. The molecule has 1 aromatic rings. The zero-order chi connectivity index (χ0) is 17.1. The van der Waals surface area contributed by atoms with Crippen LogP contribution in [0.4, 0.5) is 4.79 Å². The van der Waals surface area contributed by atoms with E-state index in [4.69, 9.17) is 14.6 Å². The van der Waals surface area contributed by atoms with E-state index >= 15 is 0 Å². The number of amides is 1. The fourth-order valence-electron chi connectivity index (χ4n) is 1.54. The van der Waals surface area contributed by atoms with Crippen LogP contribution in [0.2, 0.25) is 0 Å². The molecular weight excluding hydrogens is 321 g/mol. The number of hydrogen-bond acceptors (Lipinski definition) is 6. The van der Waals surface area contributed by atoms with Crippen molar-refractivity contribution in [2.75, 3.05) is 19.1 Å². The molecule has 0 fully saturated rings. The lowest BCUT2D eigenvalue weighted by molar-refractivity contribution is -0.138. The van der Waals surface area contributed by atoms with Gasteiger partial charge in [-0.1, -0.05) is 30.3 Å². The van der Waals surface area contributed by atoms with Crippen LogP contribution in [0.1, 0.15) is 12.5 Å². The predicted molar refractivity (Wildman–Crippen MR) is 85.4 cm³/mol. The van der Waals surface area contributed by atoms with E-state index < -0.39 is 26.2 Å². The van der Waals surface area contributed by atoms with Gasteiger partial charge in [-0.3, -0.25) is 5.32 Å². The van der Waals surface area contributed by atoms with Crippen LogP contribution in [0.3, 0.4) is 0 Å². The first kappa shape index (κ1) is 18.9. The van der Waals surface area contributed by atoms with E-state index in [0.717, 1.165) is 5.56 Å². The lowest BCUT2D eigenvalue weighted by Crippen LogP contribution is -2.29. The Morgan fingerprint density at radius 1 is 1.26 bits per heavy atom. The van der Waals surface area contributed by atoms with Crippen LogP contribution in [0.5, 0.6) is 0 Å². The van der Waals surface area contributed by atoms with Crippen molar-refractivity contribution in [2.24, 2.45) is 0 Å². The van der Waals surface area contributed by atoms with Gasteiger partial charge in [-0.05, 0) is 18.6 Å². The Bertz CT molecular complexity index is 573. The average Bonchev–Trinajstić information content (AvgIpc) is 2.57. The molecule has 2 N–H and O–H groups in total. The fourth-order valence-corrected chi connectivity index (χ4v) is 2.10. The molecule has 8 heteroatoms. The summed E-state index contributed by atoms with van der Waals surface area (Å²) in [5.41, 5.74) is 0.645. The number of esters is 1. The van der Waals surface area contributed by atoms with Crippen molar-refractivity contribution in [1.29, 1.82) is 0 Å². The first-order chi connectivity index (χ1) is 11.1. The summed E-state index contributed by atoms with van der Waals surface area (Å²) in [6.07, 6.45) is -0.0413. The van der Waals surface area contributed by atoms with Gasteiger partial charge in [0.25, 0.3) is 0 Å². The van der Waals surface area contributed by atoms with Gasteiger partial charge in [0.05, 0.1) is 13.0 Å². The number of alkyl carbamates (subject to hydrolysis) is 1. The molecule has 0 aromatic heterocycles. The average molecular weight is 341 g/mol. The standard InChI is InChI=1S/C15H20NO6P/c1-2-21-14(18)13(8-9-23(20)11-17)16-15(19)22-10-12-6-4-3-5-7-12/h3-8,17,23H,2,9-11H2,1H3,(H,16,19). The van der Waals surface area contributed by atoms with Gasteiger partial charge in [0.2, 0.25) is 0 Å². The maximum Gasteiger partial charge on any atom is 0.412 e. The van der Waals surface area contributed by atoms with Crippen LogP contribution in [0.25, 0.3) is 0 Å². The number of hydrogen-bond donors (Lipinski definition) is 2. The van der Waals surface area contributed by atoms with E-state index in [1.165, 1.54) is 6.08 Å². The first-order valence-electron chi connectivity index (χ1n) is 7.04. The number of allylic oxidation sites excluding steroid dienone is 1. The summed E-state index contributed by atoms with van der Waals surface area (Å²) in [6.45, 7) is 1.81. The van der Waals surface area contributed by atoms with Gasteiger partial charge in [-0.2, -0.15) is 0 Å². The van der Waals surface area contributed by atoms with Crippen molar-refractivity contribution in [3.63, 3.8) is 0 Å². The maximum absolute atomic E-state index is 11.7. The largest absolute Gasteiger partial charge is 0.461 e. The van der Waals surface area contributed by atoms with Crippen molar-refractivity contribution in [2.45, 2.75) is 13.5 Å². The maximum atomic E-state index is 11.7. The molecule has 0 aliphatic carbocycles. The van der Waals surface area contributed by atoms with Crippen molar-refractivity contribution >= 4 is 19.9 Å². The molecule has 0 spiro atoms. The van der Waals surface area contributed by atoms with Crippen LogP contribution >= 0.6 is 7.80 Å². The number of nitrogens with one attached hydrogen (secondary N) is 1. The van der Waals surface area contributed by atoms with E-state index in [-0.39, 0.29) is 25.1 Å². The number of ether oxygens (including phenoxy) is 2. The quantitative estimate of drug-likeness (QED) is 0.425. The van der Waals surface area contributed by atoms with Gasteiger partial charge in [0.15, 0.2) is 0 Å². The number of rotatable bonds is 8. The lowest BCUT2D eigenvalue weighted by Gasteiger charge is -2.10. The highest BCUT2D eigenvalue weighted by Gasteiger charge is 2.15. The van der Waals surface area contributed by atoms with Gasteiger partial charge < -0.3 is 19.1 Å². The van der Waals surface area contributed by atoms with Crippen LogP contribution in [0, 0.1) is 0 Å². The Kier molecular flexibility index (Phi) is 8.72. The molecule has 0 saturated heterocycles. The minimum atomic E-state index is -2.23. The highest BCUT2D eigenvalue weighted by Crippen LogP contribution is 2.18. The Hall–Kier alpha value is -2.11. The summed E-state index contributed by atoms with van der Waals surface area (Å²) < 4.78 is 21.1. The van der Waals surface area contributed by atoms with E-state index in [0.29, 0.717) is 0 Å². The summed E-state index contributed by atoms with van der Waals surface area (Å²) in [6, 6.07) is 9.06. The topological polar surface area (TPSA) is 102 Å². The minimum Gasteiger partial charge on any atom is -0.461 e. The number of aliphatic hydroxyl groups is 1. The number of benzene rings is 1. The second-order valence-electron chi connectivity index (χ2n) is 4.43. The normalized spacial score (nSPS) is 12.3. The van der Waals surface area contributed by atoms with Gasteiger partial charge in [-0.25, -0.2) is 9.59 Å². The second-order valence-corrected chi connectivity index (χ2v) is 6.23. The summed E-state index contributed by atoms with van der Waals surface area (Å²) in [7, 11) is -2.23.